The first-order valence-corrected chi connectivity index (χ1v) is 18.9. The maximum absolute atomic E-state index is 9.41. The first-order chi connectivity index (χ1) is 28.2. The normalized spacial score (nSPS) is 18.2. The summed E-state index contributed by atoms with van der Waals surface area (Å²) in [5, 5.41) is 11.6. The standard InChI is InChI=1S/C34H31N2Te.C12H10N.Ir/c1-21-16-25(24-12-14-34(3,4)15-13-24)9-11-26(21)30-18-31(36-20-22(30)2)29-7-5-6-28-27-10-8-23(19-35)17-32(27)37-33(28)29;1-10-7-8-12(13-9-10)11-5-3-2-4-6-11;/h5-6,8-11,16-18,20,24H,12-15H2,1-4H3;2-5,7-9H,1H3;/q2*-1;/i1D3,2D3,24D;1D3;. The number of rotatable bonds is 4. The molecule has 51 heavy (non-hydrogen) atoms. The van der Waals surface area contributed by atoms with E-state index in [1.807, 2.05) is 54.6 Å². The Hall–Kier alpha value is -3.89. The van der Waals surface area contributed by atoms with Crippen molar-refractivity contribution in [3.05, 3.63) is 143 Å². The molecule has 1 aliphatic carbocycles. The van der Waals surface area contributed by atoms with Crippen LogP contribution >= 0.6 is 0 Å². The van der Waals surface area contributed by atoms with Crippen molar-refractivity contribution in [2.75, 3.05) is 0 Å². The van der Waals surface area contributed by atoms with Gasteiger partial charge in [-0.2, -0.15) is 0 Å². The van der Waals surface area contributed by atoms with E-state index in [1.54, 1.807) is 36.4 Å². The molecule has 0 unspecified atom stereocenters. The van der Waals surface area contributed by atoms with Gasteiger partial charge in [0.25, 0.3) is 0 Å². The van der Waals surface area contributed by atoms with Crippen LogP contribution in [0.4, 0.5) is 0 Å². The fourth-order valence-electron chi connectivity index (χ4n) is 6.44. The van der Waals surface area contributed by atoms with E-state index < -0.39 is 46.9 Å². The number of hydrogen-bond acceptors (Lipinski definition) is 3. The van der Waals surface area contributed by atoms with Crippen LogP contribution in [0.2, 0.25) is 0 Å². The summed E-state index contributed by atoms with van der Waals surface area (Å²) < 4.78 is 83.4. The number of fused-ring (bicyclic) bond motifs is 3. The Morgan fingerprint density at radius 3 is 2.39 bits per heavy atom. The Morgan fingerprint density at radius 1 is 0.824 bits per heavy atom. The third-order valence-electron chi connectivity index (χ3n) is 9.40. The molecule has 0 N–H and O–H groups in total. The van der Waals surface area contributed by atoms with Crippen molar-refractivity contribution in [3.63, 3.8) is 0 Å². The van der Waals surface area contributed by atoms with Gasteiger partial charge in [-0.1, -0.05) is 26.0 Å². The Morgan fingerprint density at radius 2 is 1.67 bits per heavy atom. The van der Waals surface area contributed by atoms with E-state index in [1.165, 1.54) is 12.4 Å². The number of nitriles is 1. The molecule has 3 nitrogen and oxygen atoms in total. The van der Waals surface area contributed by atoms with Gasteiger partial charge in [0.1, 0.15) is 0 Å². The van der Waals surface area contributed by atoms with Gasteiger partial charge in [0, 0.05) is 30.4 Å². The van der Waals surface area contributed by atoms with Crippen LogP contribution in [-0.4, -0.2) is 30.4 Å². The van der Waals surface area contributed by atoms with Crippen molar-refractivity contribution in [2.45, 2.75) is 66.0 Å². The average Bonchev–Trinajstić information content (AvgIpc) is 3.59. The molecule has 0 amide bonds. The van der Waals surface area contributed by atoms with Crippen molar-refractivity contribution < 1.29 is 33.8 Å². The minimum atomic E-state index is -2.53. The van der Waals surface area contributed by atoms with Crippen molar-refractivity contribution >= 4 is 38.0 Å². The van der Waals surface area contributed by atoms with Gasteiger partial charge in [-0.05, 0) is 23.5 Å². The zero-order valence-electron chi connectivity index (χ0n) is 38.2. The second kappa shape index (κ2) is 15.8. The number of pyridine rings is 2. The van der Waals surface area contributed by atoms with Gasteiger partial charge in [0.15, 0.2) is 0 Å². The fourth-order valence-corrected chi connectivity index (χ4v) is 10.00. The van der Waals surface area contributed by atoms with Gasteiger partial charge in [-0.3, -0.25) is 0 Å². The van der Waals surface area contributed by atoms with Gasteiger partial charge in [0.2, 0.25) is 0 Å². The minimum Gasteiger partial charge on any atom is 0 e. The number of benzene rings is 4. The monoisotopic (exact) mass is 968 g/mol. The Balaban J connectivity index is 0.000000307. The summed E-state index contributed by atoms with van der Waals surface area (Å²) in [4.78, 5) is 8.71. The zero-order valence-corrected chi connectivity index (χ0v) is 33.0. The second-order valence-electron chi connectivity index (χ2n) is 13.4. The van der Waals surface area contributed by atoms with E-state index in [9.17, 15) is 6.63 Å². The Kier molecular flexibility index (Phi) is 8.03. The summed E-state index contributed by atoms with van der Waals surface area (Å²) in [5.74, 6) is -0.894. The van der Waals surface area contributed by atoms with Crippen LogP contribution in [0.1, 0.15) is 86.9 Å². The molecule has 3 heterocycles. The van der Waals surface area contributed by atoms with E-state index in [2.05, 4.69) is 42.0 Å². The number of nitrogens with zero attached hydrogens (tertiary/aromatic N) is 3. The van der Waals surface area contributed by atoms with Gasteiger partial charge >= 0.3 is 221 Å². The van der Waals surface area contributed by atoms with Crippen molar-refractivity contribution in [3.8, 4) is 39.7 Å². The third-order valence-corrected chi connectivity index (χ3v) is 12.8. The molecule has 1 aliphatic rings. The Labute approximate surface area is 339 Å². The Bertz CT molecular complexity index is 2720. The maximum Gasteiger partial charge on any atom is 0 e. The molecule has 0 saturated heterocycles. The summed E-state index contributed by atoms with van der Waals surface area (Å²) in [5.41, 5.74) is 5.18. The fraction of sp³-hybridized carbons (Fsp3) is 0.239. The third kappa shape index (κ3) is 8.12. The van der Waals surface area contributed by atoms with Crippen molar-refractivity contribution in [1.82, 2.24) is 9.97 Å². The molecule has 0 bridgehead atoms. The van der Waals surface area contributed by atoms with E-state index in [0.717, 1.165) is 47.2 Å². The molecule has 1 fully saturated rings. The van der Waals surface area contributed by atoms with Crippen molar-refractivity contribution in [1.29, 1.82) is 5.26 Å². The summed E-state index contributed by atoms with van der Waals surface area (Å²) in [6.07, 6.45) is 5.76. The van der Waals surface area contributed by atoms with E-state index in [0.29, 0.717) is 40.8 Å². The van der Waals surface area contributed by atoms with Gasteiger partial charge < -0.3 is 4.98 Å². The largest absolute Gasteiger partial charge is 0 e. The van der Waals surface area contributed by atoms with E-state index >= 15 is 0 Å². The zero-order chi connectivity index (χ0) is 43.3. The first kappa shape index (κ1) is 26.0. The molecule has 257 valence electrons. The molecule has 5 heteroatoms. The van der Waals surface area contributed by atoms with Crippen LogP contribution in [0, 0.1) is 49.4 Å². The topological polar surface area (TPSA) is 49.6 Å². The number of aromatic nitrogens is 2. The van der Waals surface area contributed by atoms with E-state index in [4.69, 9.17) is 12.3 Å². The minimum absolute atomic E-state index is 0. The maximum atomic E-state index is 9.41. The summed E-state index contributed by atoms with van der Waals surface area (Å²) >= 11 is -0.882. The quantitative estimate of drug-likeness (QED) is 0.130. The van der Waals surface area contributed by atoms with Crippen LogP contribution in [-0.2, 0) is 20.1 Å². The molecule has 1 radical (unpaired) electrons. The molecular formula is C46H41IrN3Te-2. The number of aryl methyl sites for hydroxylation is 3. The smallest absolute Gasteiger partial charge is 0 e. The van der Waals surface area contributed by atoms with Crippen LogP contribution < -0.4 is 0 Å². The van der Waals surface area contributed by atoms with Crippen molar-refractivity contribution in [2.24, 2.45) is 5.41 Å². The van der Waals surface area contributed by atoms with Gasteiger partial charge in [-0.25, -0.2) is 0 Å². The molecule has 7 aromatic rings. The second-order valence-corrected chi connectivity index (χ2v) is 16.4. The summed E-state index contributed by atoms with van der Waals surface area (Å²) in [6.45, 7) is -2.75. The van der Waals surface area contributed by atoms with Gasteiger partial charge in [0.05, 0.1) is 0 Å². The van der Waals surface area contributed by atoms with Crippen LogP contribution in [0.5, 0.6) is 0 Å². The summed E-state index contributed by atoms with van der Waals surface area (Å²) in [7, 11) is 0. The summed E-state index contributed by atoms with van der Waals surface area (Å²) in [6, 6.07) is 35.7. The molecule has 1 saturated carbocycles. The van der Waals surface area contributed by atoms with E-state index in [-0.39, 0.29) is 42.2 Å². The van der Waals surface area contributed by atoms with Crippen LogP contribution in [0.3, 0.4) is 0 Å². The number of hydrogen-bond donors (Lipinski definition) is 0. The van der Waals surface area contributed by atoms with Crippen LogP contribution in [0.15, 0.2) is 103 Å². The average molecular weight is 966 g/mol. The molecule has 0 atom stereocenters. The van der Waals surface area contributed by atoms with Gasteiger partial charge in [-0.15, -0.1) is 35.9 Å². The predicted octanol–water partition coefficient (Wildman–Crippen LogP) is 11.6. The molecule has 0 spiro atoms. The molecular weight excluding hydrogens is 914 g/mol. The molecule has 3 aromatic heterocycles. The SMILES string of the molecule is [2H]C([2H])([2H])c1ccc(-c2[c-]cccc2)nc1.[2H]C([2H])([2H])c1cnc(-c2[c-]ccc3c2[te]c2cc(C#N)ccc23)cc1-c1ccc(C2([2H])CCC(C)(C)CC2)cc1C([2H])([2H])[2H].[Ir]. The molecule has 0 aliphatic heterocycles. The molecule has 4 aromatic carbocycles. The van der Waals surface area contributed by atoms with Crippen LogP contribution in [0.25, 0.3) is 51.2 Å². The predicted molar refractivity (Wildman–Crippen MR) is 208 cm³/mol. The first-order valence-electron chi connectivity index (χ1n) is 21.5. The molecule has 8 rings (SSSR count).